The predicted molar refractivity (Wildman–Crippen MR) is 113 cm³/mol. The second kappa shape index (κ2) is 10.9. The van der Waals surface area contributed by atoms with Crippen molar-refractivity contribution in [2.24, 2.45) is 0 Å². The van der Waals surface area contributed by atoms with E-state index < -0.39 is 37.3 Å². The minimum absolute atomic E-state index is 0.0877. The third-order valence-electron chi connectivity index (χ3n) is 3.03. The lowest BCUT2D eigenvalue weighted by Gasteiger charge is -2.38. The van der Waals surface area contributed by atoms with E-state index in [0.717, 1.165) is 12.5 Å². The number of ether oxygens (including phenoxy) is 2. The largest absolute Gasteiger partial charge is 0.460 e. The van der Waals surface area contributed by atoms with E-state index in [-0.39, 0.29) is 13.2 Å². The van der Waals surface area contributed by atoms with Crippen LogP contribution < -0.4 is 0 Å². The molecule has 0 heterocycles. The highest BCUT2D eigenvalue weighted by Gasteiger charge is 2.39. The van der Waals surface area contributed by atoms with E-state index in [0.29, 0.717) is 12.2 Å². The monoisotopic (exact) mass is 422 g/mol. The van der Waals surface area contributed by atoms with Crippen molar-refractivity contribution in [1.82, 2.24) is 0 Å². The molecule has 9 heteroatoms. The van der Waals surface area contributed by atoms with Gasteiger partial charge < -0.3 is 22.8 Å². The molecule has 0 rings (SSSR count). The van der Waals surface area contributed by atoms with E-state index in [1.54, 1.807) is 6.92 Å². The molecule has 1 unspecified atom stereocenters. The second-order valence-electron chi connectivity index (χ2n) is 8.77. The van der Waals surface area contributed by atoms with E-state index in [1.165, 1.54) is 0 Å². The fourth-order valence-electron chi connectivity index (χ4n) is 2.48. The van der Waals surface area contributed by atoms with E-state index in [2.05, 4.69) is 52.4 Å². The lowest BCUT2D eigenvalue weighted by Crippen LogP contribution is -2.52. The molecule has 1 N–H and O–H groups in total. The number of aliphatic hydroxyl groups is 1. The lowest BCUT2D eigenvalue weighted by atomic mass is 10.3. The molecule has 0 bridgehead atoms. The Balaban J connectivity index is 4.26. The number of carbonyl (C=O) groups excluding carboxylic acids is 1. The molecule has 0 radical (unpaired) electrons. The van der Waals surface area contributed by atoms with Crippen LogP contribution in [0.1, 0.15) is 13.3 Å². The summed E-state index contributed by atoms with van der Waals surface area (Å²) in [5, 5.41) is 9.78. The molecule has 0 fully saturated rings. The molecule has 0 aromatic rings. The molecule has 0 amide bonds. The van der Waals surface area contributed by atoms with Gasteiger partial charge in [-0.1, -0.05) is 6.58 Å². The Morgan fingerprint density at radius 1 is 1.00 bits per heavy atom. The molecule has 6 nitrogen and oxygen atoms in total. The first kappa shape index (κ1) is 25.7. The van der Waals surface area contributed by atoms with Crippen LogP contribution in [0.4, 0.5) is 0 Å². The molecular weight excluding hydrogens is 384 g/mol. The standard InChI is InChI=1S/C17H38O6Si3/c1-15(2)17(19)21-14-16(18)13-20-11-10-12-26(9,22-24(3,4)5)23-25(6,7)8/h16,18H,1,10-14H2,2-9H3. The SMILES string of the molecule is C=C(C)C(=O)OCC(O)COCCC[Si](C)(O[Si](C)(C)C)O[Si](C)(C)C. The normalized spacial score (nSPS) is 14.2. The van der Waals surface area contributed by atoms with Crippen LogP contribution in [-0.2, 0) is 22.5 Å². The number of hydrogen-bond acceptors (Lipinski definition) is 6. The van der Waals surface area contributed by atoms with E-state index >= 15 is 0 Å². The van der Waals surface area contributed by atoms with Crippen molar-refractivity contribution in [3.8, 4) is 0 Å². The number of carbonyl (C=O) groups is 1. The number of aliphatic hydroxyl groups excluding tert-OH is 1. The first-order valence-electron chi connectivity index (χ1n) is 9.12. The Morgan fingerprint density at radius 2 is 1.50 bits per heavy atom. The highest BCUT2D eigenvalue weighted by molar-refractivity contribution is 6.87. The molecule has 1 atom stereocenters. The van der Waals surface area contributed by atoms with Crippen LogP contribution in [0, 0.1) is 0 Å². The molecule has 0 saturated heterocycles. The van der Waals surface area contributed by atoms with Gasteiger partial charge in [-0.15, -0.1) is 0 Å². The zero-order chi connectivity index (χ0) is 20.6. The summed E-state index contributed by atoms with van der Waals surface area (Å²) in [4.78, 5) is 11.3. The van der Waals surface area contributed by atoms with Crippen LogP contribution in [-0.4, -0.2) is 62.2 Å². The Morgan fingerprint density at radius 3 is 1.92 bits per heavy atom. The maximum atomic E-state index is 11.3. The number of rotatable bonds is 13. The summed E-state index contributed by atoms with van der Waals surface area (Å²) in [6, 6.07) is 0.863. The van der Waals surface area contributed by atoms with Gasteiger partial charge in [-0.2, -0.15) is 0 Å². The van der Waals surface area contributed by atoms with Gasteiger partial charge >= 0.3 is 14.5 Å². The number of esters is 1. The third-order valence-corrected chi connectivity index (χ3v) is 12.6. The molecule has 0 aliphatic carbocycles. The van der Waals surface area contributed by atoms with Gasteiger partial charge in [0.25, 0.3) is 0 Å². The maximum absolute atomic E-state index is 11.3. The molecule has 26 heavy (non-hydrogen) atoms. The van der Waals surface area contributed by atoms with Crippen molar-refractivity contribution in [2.75, 3.05) is 19.8 Å². The van der Waals surface area contributed by atoms with Gasteiger partial charge in [0.15, 0.2) is 16.6 Å². The van der Waals surface area contributed by atoms with Crippen molar-refractivity contribution in [3.63, 3.8) is 0 Å². The summed E-state index contributed by atoms with van der Waals surface area (Å²) in [7, 11) is -5.61. The Hall–Kier alpha value is -0.299. The smallest absolute Gasteiger partial charge is 0.333 e. The van der Waals surface area contributed by atoms with Crippen LogP contribution >= 0.6 is 0 Å². The van der Waals surface area contributed by atoms with Gasteiger partial charge in [0.05, 0.1) is 6.61 Å². The molecule has 0 aromatic carbocycles. The van der Waals surface area contributed by atoms with Crippen LogP contribution in [0.3, 0.4) is 0 Å². The minimum atomic E-state index is -2.24. The molecule has 154 valence electrons. The summed E-state index contributed by atoms with van der Waals surface area (Å²) in [6.45, 7) is 20.9. The molecule has 0 spiro atoms. The zero-order valence-electron chi connectivity index (χ0n) is 17.8. The average molecular weight is 423 g/mol. The van der Waals surface area contributed by atoms with Crippen molar-refractivity contribution in [3.05, 3.63) is 12.2 Å². The second-order valence-corrected chi connectivity index (χ2v) is 21.6. The van der Waals surface area contributed by atoms with Crippen molar-refractivity contribution >= 4 is 31.2 Å². The van der Waals surface area contributed by atoms with Gasteiger partial charge in [-0.25, -0.2) is 4.79 Å². The Kier molecular flexibility index (Phi) is 10.8. The van der Waals surface area contributed by atoms with Crippen LogP contribution in [0.15, 0.2) is 12.2 Å². The van der Waals surface area contributed by atoms with Gasteiger partial charge in [0.2, 0.25) is 0 Å². The van der Waals surface area contributed by atoms with Gasteiger partial charge in [-0.05, 0) is 65.2 Å². The highest BCUT2D eigenvalue weighted by Crippen LogP contribution is 2.25. The van der Waals surface area contributed by atoms with Crippen LogP contribution in [0.5, 0.6) is 0 Å². The van der Waals surface area contributed by atoms with Crippen LogP contribution in [0.2, 0.25) is 51.9 Å². The Labute approximate surface area is 162 Å². The van der Waals surface area contributed by atoms with E-state index in [1.807, 2.05) is 0 Å². The fraction of sp³-hybridized carbons (Fsp3) is 0.824. The minimum Gasteiger partial charge on any atom is -0.460 e. The molecule has 0 aliphatic heterocycles. The third kappa shape index (κ3) is 13.8. The summed E-state index contributed by atoms with van der Waals surface area (Å²) < 4.78 is 23.3. The van der Waals surface area contributed by atoms with E-state index in [9.17, 15) is 9.90 Å². The molecular formula is C17H38O6Si3. The van der Waals surface area contributed by atoms with Crippen LogP contribution in [0.25, 0.3) is 0 Å². The van der Waals surface area contributed by atoms with Gasteiger partial charge in [0.1, 0.15) is 12.7 Å². The molecule has 0 aliphatic rings. The van der Waals surface area contributed by atoms with Crippen molar-refractivity contribution < 1.29 is 27.6 Å². The highest BCUT2D eigenvalue weighted by atomic mass is 28.5. The summed E-state index contributed by atoms with van der Waals surface area (Å²) in [5.74, 6) is -0.502. The zero-order valence-corrected chi connectivity index (χ0v) is 20.8. The predicted octanol–water partition coefficient (Wildman–Crippen LogP) is 3.65. The first-order valence-corrected chi connectivity index (χ1v) is 18.5. The lowest BCUT2D eigenvalue weighted by molar-refractivity contribution is -0.143. The quantitative estimate of drug-likeness (QED) is 0.211. The number of hydrogen-bond donors (Lipinski definition) is 1. The summed E-state index contributed by atoms with van der Waals surface area (Å²) >= 11 is 0. The maximum Gasteiger partial charge on any atom is 0.333 e. The first-order chi connectivity index (χ1) is 11.6. The molecule has 0 aromatic heterocycles. The topological polar surface area (TPSA) is 74.2 Å². The average Bonchev–Trinajstić information content (AvgIpc) is 2.39. The van der Waals surface area contributed by atoms with Crippen molar-refractivity contribution in [1.29, 1.82) is 0 Å². The molecule has 0 saturated carbocycles. The van der Waals surface area contributed by atoms with Gasteiger partial charge in [0, 0.05) is 12.2 Å². The fourth-order valence-corrected chi connectivity index (χ4v) is 15.0. The van der Waals surface area contributed by atoms with E-state index in [4.69, 9.17) is 17.7 Å². The Bertz CT molecular complexity index is 440. The summed E-state index contributed by atoms with van der Waals surface area (Å²) in [6.07, 6.45) is -0.0194. The van der Waals surface area contributed by atoms with Crippen molar-refractivity contribution in [2.45, 2.75) is 71.3 Å². The van der Waals surface area contributed by atoms with Gasteiger partial charge in [-0.3, -0.25) is 0 Å². The summed E-state index contributed by atoms with van der Waals surface area (Å²) in [5.41, 5.74) is 0.312.